The first-order chi connectivity index (χ1) is 12.8. The molecule has 26 heavy (non-hydrogen) atoms. The summed E-state index contributed by atoms with van der Waals surface area (Å²) >= 11 is 0. The van der Waals surface area contributed by atoms with Gasteiger partial charge >= 0.3 is 0 Å². The smallest absolute Gasteiger partial charge is 0.0901 e. The van der Waals surface area contributed by atoms with Crippen molar-refractivity contribution in [3.05, 3.63) is 24.7 Å². The lowest BCUT2D eigenvalue weighted by atomic mass is 9.76. The number of allylic oxidation sites excluding steroid dienone is 2. The summed E-state index contributed by atoms with van der Waals surface area (Å²) < 4.78 is 11.3. The summed E-state index contributed by atoms with van der Waals surface area (Å²) in [5.74, 6) is 3.56. The normalized spacial score (nSPS) is 30.1. The Balaban J connectivity index is 1.50. The predicted octanol–water partition coefficient (Wildman–Crippen LogP) is 7.26. The molecule has 2 nitrogen and oxygen atoms in total. The Labute approximate surface area is 162 Å². The third-order valence-corrected chi connectivity index (χ3v) is 6.44. The molecule has 0 aromatic rings. The van der Waals surface area contributed by atoms with Crippen molar-refractivity contribution in [3.63, 3.8) is 0 Å². The second kappa shape index (κ2) is 13.3. The van der Waals surface area contributed by atoms with Crippen LogP contribution in [0.4, 0.5) is 0 Å². The Kier molecular flexibility index (Phi) is 10.9. The van der Waals surface area contributed by atoms with Crippen LogP contribution in [0.3, 0.4) is 0 Å². The maximum atomic E-state index is 5.66. The molecule has 0 aromatic carbocycles. The van der Waals surface area contributed by atoms with Crippen molar-refractivity contribution >= 4 is 0 Å². The van der Waals surface area contributed by atoms with Crippen molar-refractivity contribution in [2.45, 2.75) is 90.9 Å². The highest BCUT2D eigenvalue weighted by Crippen LogP contribution is 2.36. The lowest BCUT2D eigenvalue weighted by Gasteiger charge is -2.31. The monoisotopic (exact) mass is 362 g/mol. The summed E-state index contributed by atoms with van der Waals surface area (Å²) in [6.45, 7) is 6.16. The van der Waals surface area contributed by atoms with Crippen LogP contribution in [-0.4, -0.2) is 13.2 Å². The standard InChI is InChI=1S/C24H42O2/c1-3-5-17-25-19-23-13-9-21(10-14-23)7-8-22-11-15-24(16-12-22)20-26-18-6-4-2/h5-6,17-18,21-24H,3-4,7-16,19-20H2,1-2H3. The fourth-order valence-electron chi connectivity index (χ4n) is 4.56. The molecule has 0 heterocycles. The minimum atomic E-state index is 0.796. The summed E-state index contributed by atoms with van der Waals surface area (Å²) in [4.78, 5) is 0. The molecule has 2 rings (SSSR count). The molecule has 0 aliphatic heterocycles. The maximum Gasteiger partial charge on any atom is 0.0901 e. The first-order valence-electron chi connectivity index (χ1n) is 11.3. The van der Waals surface area contributed by atoms with Crippen molar-refractivity contribution in [3.8, 4) is 0 Å². The number of ether oxygens (including phenoxy) is 2. The average Bonchev–Trinajstić information content (AvgIpc) is 2.69. The Morgan fingerprint density at radius 1 is 0.577 bits per heavy atom. The fourth-order valence-corrected chi connectivity index (χ4v) is 4.56. The lowest BCUT2D eigenvalue weighted by molar-refractivity contribution is 0.131. The van der Waals surface area contributed by atoms with E-state index < -0.39 is 0 Å². The summed E-state index contributed by atoms with van der Waals surface area (Å²) in [6, 6.07) is 0. The molecule has 0 radical (unpaired) electrons. The van der Waals surface area contributed by atoms with E-state index in [9.17, 15) is 0 Å². The highest BCUT2D eigenvalue weighted by Gasteiger charge is 2.25. The SMILES string of the molecule is CCC=COCC1CCC(CCC2CCC(COC=CCC)CC2)CC1. The zero-order valence-electron chi connectivity index (χ0n) is 17.3. The van der Waals surface area contributed by atoms with Gasteiger partial charge in [-0.2, -0.15) is 0 Å². The van der Waals surface area contributed by atoms with Crippen LogP contribution in [0.1, 0.15) is 90.9 Å². The molecule has 0 bridgehead atoms. The van der Waals surface area contributed by atoms with Gasteiger partial charge in [-0.3, -0.25) is 0 Å². The highest BCUT2D eigenvalue weighted by atomic mass is 16.5. The molecule has 2 fully saturated rings. The van der Waals surface area contributed by atoms with E-state index in [4.69, 9.17) is 9.47 Å². The van der Waals surface area contributed by atoms with E-state index in [-0.39, 0.29) is 0 Å². The molecule has 0 unspecified atom stereocenters. The molecule has 2 saturated carbocycles. The van der Waals surface area contributed by atoms with Gasteiger partial charge in [-0.05, 0) is 62.2 Å². The number of hydrogen-bond donors (Lipinski definition) is 0. The first-order valence-corrected chi connectivity index (χ1v) is 11.3. The second-order valence-corrected chi connectivity index (χ2v) is 8.58. The van der Waals surface area contributed by atoms with Gasteiger partial charge in [0.2, 0.25) is 0 Å². The van der Waals surface area contributed by atoms with Crippen LogP contribution in [0.2, 0.25) is 0 Å². The van der Waals surface area contributed by atoms with Crippen molar-refractivity contribution in [2.24, 2.45) is 23.7 Å². The van der Waals surface area contributed by atoms with Crippen LogP contribution in [0, 0.1) is 23.7 Å². The molecule has 2 aliphatic carbocycles. The van der Waals surface area contributed by atoms with Crippen molar-refractivity contribution in [1.29, 1.82) is 0 Å². The minimum absolute atomic E-state index is 0.796. The Bertz CT molecular complexity index is 347. The molecule has 0 N–H and O–H groups in total. The van der Waals surface area contributed by atoms with Crippen molar-refractivity contribution < 1.29 is 9.47 Å². The average molecular weight is 363 g/mol. The largest absolute Gasteiger partial charge is 0.501 e. The van der Waals surface area contributed by atoms with Crippen LogP contribution in [0.15, 0.2) is 24.7 Å². The van der Waals surface area contributed by atoms with E-state index in [0.717, 1.165) is 49.7 Å². The van der Waals surface area contributed by atoms with E-state index in [2.05, 4.69) is 26.0 Å². The van der Waals surface area contributed by atoms with Crippen LogP contribution < -0.4 is 0 Å². The van der Waals surface area contributed by atoms with Gasteiger partial charge in [0.05, 0.1) is 25.7 Å². The Morgan fingerprint density at radius 2 is 0.923 bits per heavy atom. The summed E-state index contributed by atoms with van der Waals surface area (Å²) in [7, 11) is 0. The van der Waals surface area contributed by atoms with E-state index >= 15 is 0 Å². The van der Waals surface area contributed by atoms with Gasteiger partial charge in [-0.1, -0.05) is 64.5 Å². The zero-order valence-corrected chi connectivity index (χ0v) is 17.3. The fraction of sp³-hybridized carbons (Fsp3) is 0.833. The molecule has 0 aromatic heterocycles. The molecule has 0 atom stereocenters. The van der Waals surface area contributed by atoms with E-state index in [0.29, 0.717) is 0 Å². The lowest BCUT2D eigenvalue weighted by Crippen LogP contribution is -2.21. The van der Waals surface area contributed by atoms with Gasteiger partial charge in [0.25, 0.3) is 0 Å². The zero-order chi connectivity index (χ0) is 18.5. The Morgan fingerprint density at radius 3 is 1.27 bits per heavy atom. The summed E-state index contributed by atoms with van der Waals surface area (Å²) in [6.07, 6.45) is 24.3. The van der Waals surface area contributed by atoms with Crippen LogP contribution >= 0.6 is 0 Å². The van der Waals surface area contributed by atoms with Gasteiger partial charge in [-0.15, -0.1) is 0 Å². The molecule has 2 heteroatoms. The number of hydrogen-bond acceptors (Lipinski definition) is 2. The topological polar surface area (TPSA) is 18.5 Å². The minimum Gasteiger partial charge on any atom is -0.501 e. The molecular formula is C24H42O2. The van der Waals surface area contributed by atoms with Gasteiger partial charge in [-0.25, -0.2) is 0 Å². The quantitative estimate of drug-likeness (QED) is 0.360. The summed E-state index contributed by atoms with van der Waals surface area (Å²) in [5, 5.41) is 0. The molecule has 2 aliphatic rings. The van der Waals surface area contributed by atoms with Crippen LogP contribution in [-0.2, 0) is 9.47 Å². The van der Waals surface area contributed by atoms with E-state index in [1.807, 2.05) is 12.5 Å². The van der Waals surface area contributed by atoms with Crippen LogP contribution in [0.5, 0.6) is 0 Å². The maximum absolute atomic E-state index is 5.66. The van der Waals surface area contributed by atoms with Crippen molar-refractivity contribution in [2.75, 3.05) is 13.2 Å². The predicted molar refractivity (Wildman–Crippen MR) is 111 cm³/mol. The number of rotatable bonds is 11. The molecule has 0 spiro atoms. The van der Waals surface area contributed by atoms with Gasteiger partial charge in [0, 0.05) is 0 Å². The first kappa shape index (κ1) is 21.4. The molecular weight excluding hydrogens is 320 g/mol. The third kappa shape index (κ3) is 8.64. The van der Waals surface area contributed by atoms with E-state index in [1.54, 1.807) is 0 Å². The molecule has 150 valence electrons. The van der Waals surface area contributed by atoms with Gasteiger partial charge in [0.15, 0.2) is 0 Å². The third-order valence-electron chi connectivity index (χ3n) is 6.44. The Hall–Kier alpha value is -0.920. The van der Waals surface area contributed by atoms with Crippen molar-refractivity contribution in [1.82, 2.24) is 0 Å². The van der Waals surface area contributed by atoms with Crippen LogP contribution in [0.25, 0.3) is 0 Å². The highest BCUT2D eigenvalue weighted by molar-refractivity contribution is 4.78. The summed E-state index contributed by atoms with van der Waals surface area (Å²) in [5.41, 5.74) is 0. The van der Waals surface area contributed by atoms with Gasteiger partial charge in [0.1, 0.15) is 0 Å². The molecule has 0 amide bonds. The second-order valence-electron chi connectivity index (χ2n) is 8.58. The molecule has 0 saturated heterocycles. The van der Waals surface area contributed by atoms with Gasteiger partial charge < -0.3 is 9.47 Å². The van der Waals surface area contributed by atoms with E-state index in [1.165, 1.54) is 64.2 Å².